The topological polar surface area (TPSA) is 36.4 Å². The number of anilines is 1. The fourth-order valence-corrected chi connectivity index (χ4v) is 4.97. The number of carbonyl (C=O) groups excluding carboxylic acids is 1. The molecule has 0 atom stereocenters. The Morgan fingerprint density at radius 2 is 1.79 bits per heavy atom. The van der Waals surface area contributed by atoms with E-state index in [1.807, 2.05) is 53.4 Å². The van der Waals surface area contributed by atoms with Gasteiger partial charge in [-0.25, -0.2) is 4.98 Å². The minimum Gasteiger partial charge on any atom is -0.302 e. The summed E-state index contributed by atoms with van der Waals surface area (Å²) in [5.74, 6) is 0.447. The molecule has 0 aliphatic rings. The number of nitrogens with zero attached hydrogens (tertiary/aromatic N) is 3. The van der Waals surface area contributed by atoms with Crippen LogP contribution in [-0.4, -0.2) is 47.7 Å². The van der Waals surface area contributed by atoms with E-state index in [4.69, 9.17) is 11.6 Å². The summed E-state index contributed by atoms with van der Waals surface area (Å²) in [6, 6.07) is 15.7. The van der Waals surface area contributed by atoms with E-state index in [9.17, 15) is 4.79 Å². The molecule has 156 valence electrons. The Hall–Kier alpha value is -1.31. The van der Waals surface area contributed by atoms with E-state index in [2.05, 4.69) is 23.7 Å². The second-order valence-electron chi connectivity index (χ2n) is 6.26. The van der Waals surface area contributed by atoms with Crippen LogP contribution >= 0.6 is 47.1 Å². The van der Waals surface area contributed by atoms with Crippen molar-refractivity contribution in [3.8, 4) is 0 Å². The van der Waals surface area contributed by atoms with E-state index < -0.39 is 0 Å². The van der Waals surface area contributed by atoms with Crippen molar-refractivity contribution < 1.29 is 4.79 Å². The van der Waals surface area contributed by atoms with E-state index in [1.54, 1.807) is 11.8 Å². The van der Waals surface area contributed by atoms with E-state index in [0.29, 0.717) is 22.5 Å². The molecule has 1 aromatic heterocycles. The second kappa shape index (κ2) is 11.8. The van der Waals surface area contributed by atoms with Crippen molar-refractivity contribution in [3.05, 3.63) is 53.6 Å². The number of hydrogen-bond acceptors (Lipinski definition) is 5. The van der Waals surface area contributed by atoms with Crippen LogP contribution in [0.25, 0.3) is 10.2 Å². The van der Waals surface area contributed by atoms with Crippen molar-refractivity contribution in [2.24, 2.45) is 0 Å². The van der Waals surface area contributed by atoms with Crippen molar-refractivity contribution in [1.29, 1.82) is 0 Å². The molecule has 1 heterocycles. The molecule has 0 saturated heterocycles. The van der Waals surface area contributed by atoms with Crippen LogP contribution in [0.4, 0.5) is 5.13 Å². The highest BCUT2D eigenvalue weighted by Gasteiger charge is 2.21. The first-order valence-corrected chi connectivity index (χ1v) is 11.6. The van der Waals surface area contributed by atoms with E-state index in [1.165, 1.54) is 11.3 Å². The SMILES string of the molecule is CCN(CC)CCN(C(=O)CSc1ccccc1)c1nc2c(Cl)cccc2s1.Cl. The number of hydrogen-bond donors (Lipinski definition) is 0. The number of thioether (sulfide) groups is 1. The molecule has 0 bridgehead atoms. The van der Waals surface area contributed by atoms with Gasteiger partial charge in [0, 0.05) is 18.0 Å². The molecule has 0 radical (unpaired) electrons. The van der Waals surface area contributed by atoms with Crippen LogP contribution in [0, 0.1) is 0 Å². The molecule has 29 heavy (non-hydrogen) atoms. The Labute approximate surface area is 191 Å². The van der Waals surface area contributed by atoms with Gasteiger partial charge in [-0.15, -0.1) is 24.2 Å². The number of benzene rings is 2. The summed E-state index contributed by atoms with van der Waals surface area (Å²) in [6.45, 7) is 7.63. The summed E-state index contributed by atoms with van der Waals surface area (Å²) >= 11 is 9.37. The lowest BCUT2D eigenvalue weighted by Crippen LogP contribution is -2.39. The quantitative estimate of drug-likeness (QED) is 0.368. The summed E-state index contributed by atoms with van der Waals surface area (Å²) in [5, 5.41) is 1.34. The van der Waals surface area contributed by atoms with Gasteiger partial charge in [0.2, 0.25) is 5.91 Å². The number of aromatic nitrogens is 1. The molecule has 0 saturated carbocycles. The average Bonchev–Trinajstić information content (AvgIpc) is 3.15. The highest BCUT2D eigenvalue weighted by Crippen LogP contribution is 2.33. The number of amides is 1. The van der Waals surface area contributed by atoms with Gasteiger partial charge in [0.15, 0.2) is 5.13 Å². The Bertz CT molecular complexity index is 917. The molecule has 8 heteroatoms. The van der Waals surface area contributed by atoms with Gasteiger partial charge in [-0.3, -0.25) is 9.69 Å². The lowest BCUT2D eigenvalue weighted by Gasteiger charge is -2.24. The zero-order valence-electron chi connectivity index (χ0n) is 16.5. The Morgan fingerprint density at radius 1 is 1.07 bits per heavy atom. The summed E-state index contributed by atoms with van der Waals surface area (Å²) in [7, 11) is 0. The molecule has 0 aliphatic carbocycles. The van der Waals surface area contributed by atoms with Gasteiger partial charge < -0.3 is 4.90 Å². The number of fused-ring (bicyclic) bond motifs is 1. The largest absolute Gasteiger partial charge is 0.302 e. The first-order valence-electron chi connectivity index (χ1n) is 9.38. The molecule has 3 aromatic rings. The van der Waals surface area contributed by atoms with Crippen LogP contribution in [0.3, 0.4) is 0 Å². The fourth-order valence-electron chi connectivity index (χ4n) is 2.87. The lowest BCUT2D eigenvalue weighted by atomic mass is 10.3. The minimum atomic E-state index is 0. The van der Waals surface area contributed by atoms with Gasteiger partial charge in [-0.05, 0) is 37.4 Å². The number of thiazole rings is 1. The summed E-state index contributed by atoms with van der Waals surface area (Å²) in [5.41, 5.74) is 0.764. The number of halogens is 2. The third kappa shape index (κ3) is 6.33. The highest BCUT2D eigenvalue weighted by atomic mass is 35.5. The van der Waals surface area contributed by atoms with Crippen LogP contribution in [0.5, 0.6) is 0 Å². The summed E-state index contributed by atoms with van der Waals surface area (Å²) < 4.78 is 0.999. The fraction of sp³-hybridized carbons (Fsp3) is 0.333. The van der Waals surface area contributed by atoms with Crippen LogP contribution < -0.4 is 4.90 Å². The second-order valence-corrected chi connectivity index (χ2v) is 8.72. The highest BCUT2D eigenvalue weighted by molar-refractivity contribution is 8.00. The first kappa shape index (κ1) is 24.0. The van der Waals surface area contributed by atoms with Crippen molar-refractivity contribution >= 4 is 68.4 Å². The van der Waals surface area contributed by atoms with Crippen LogP contribution in [0.15, 0.2) is 53.4 Å². The average molecular weight is 470 g/mol. The van der Waals surface area contributed by atoms with Gasteiger partial charge in [0.1, 0.15) is 5.52 Å². The molecule has 2 aromatic carbocycles. The zero-order chi connectivity index (χ0) is 19.9. The summed E-state index contributed by atoms with van der Waals surface area (Å²) in [6.07, 6.45) is 0. The van der Waals surface area contributed by atoms with E-state index in [0.717, 1.165) is 34.7 Å². The van der Waals surface area contributed by atoms with Gasteiger partial charge in [0.25, 0.3) is 0 Å². The van der Waals surface area contributed by atoms with Crippen molar-refractivity contribution in [2.75, 3.05) is 36.8 Å². The molecular weight excluding hydrogens is 445 g/mol. The smallest absolute Gasteiger partial charge is 0.239 e. The Morgan fingerprint density at radius 3 is 2.45 bits per heavy atom. The van der Waals surface area contributed by atoms with E-state index >= 15 is 0 Å². The summed E-state index contributed by atoms with van der Waals surface area (Å²) in [4.78, 5) is 23.0. The van der Waals surface area contributed by atoms with Gasteiger partial charge in [0.05, 0.1) is 15.5 Å². The third-order valence-corrected chi connectivity index (χ3v) is 6.88. The van der Waals surface area contributed by atoms with Gasteiger partial charge >= 0.3 is 0 Å². The van der Waals surface area contributed by atoms with Crippen molar-refractivity contribution in [2.45, 2.75) is 18.7 Å². The van der Waals surface area contributed by atoms with Gasteiger partial charge in [-0.2, -0.15) is 0 Å². The maximum absolute atomic E-state index is 13.1. The monoisotopic (exact) mass is 469 g/mol. The van der Waals surface area contributed by atoms with Crippen LogP contribution in [0.1, 0.15) is 13.8 Å². The number of rotatable bonds is 9. The Balaban J connectivity index is 0.00000300. The third-order valence-electron chi connectivity index (χ3n) is 4.53. The molecule has 0 fully saturated rings. The van der Waals surface area contributed by atoms with Crippen LogP contribution in [-0.2, 0) is 4.79 Å². The predicted molar refractivity (Wildman–Crippen MR) is 129 cm³/mol. The maximum atomic E-state index is 13.1. The molecule has 3 rings (SSSR count). The minimum absolute atomic E-state index is 0. The predicted octanol–water partition coefficient (Wildman–Crippen LogP) is 5.84. The lowest BCUT2D eigenvalue weighted by molar-refractivity contribution is -0.116. The first-order chi connectivity index (χ1) is 13.6. The van der Waals surface area contributed by atoms with E-state index in [-0.39, 0.29) is 18.3 Å². The van der Waals surface area contributed by atoms with Gasteiger partial charge in [-0.1, -0.05) is 61.1 Å². The van der Waals surface area contributed by atoms with Crippen LogP contribution in [0.2, 0.25) is 5.02 Å². The molecule has 1 amide bonds. The normalized spacial score (nSPS) is 10.9. The van der Waals surface area contributed by atoms with Crippen molar-refractivity contribution in [1.82, 2.24) is 9.88 Å². The maximum Gasteiger partial charge on any atom is 0.239 e. The zero-order valence-corrected chi connectivity index (χ0v) is 19.7. The number of carbonyl (C=O) groups is 1. The molecule has 0 aliphatic heterocycles. The standard InChI is InChI=1S/C21H24ClN3OS2.ClH/c1-3-24(4-2)13-14-25(19(26)15-27-16-9-6-5-7-10-16)21-23-20-17(22)11-8-12-18(20)28-21;/h5-12H,3-4,13-15H2,1-2H3;1H. The molecule has 0 N–H and O–H groups in total. The Kier molecular flexibility index (Phi) is 9.72. The van der Waals surface area contributed by atoms with Crippen molar-refractivity contribution in [3.63, 3.8) is 0 Å². The number of likely N-dealkylation sites (N-methyl/N-ethyl adjacent to an activating group) is 1. The molecular formula is C21H25Cl2N3OS2. The number of para-hydroxylation sites is 1. The molecule has 4 nitrogen and oxygen atoms in total. The molecule has 0 spiro atoms. The molecule has 0 unspecified atom stereocenters.